The van der Waals surface area contributed by atoms with Gasteiger partial charge in [0, 0.05) is 23.5 Å². The molecule has 0 unspecified atom stereocenters. The minimum Gasteiger partial charge on any atom is -0.472 e. The molecule has 8 heteroatoms. The molecule has 7 nitrogen and oxygen atoms in total. The van der Waals surface area contributed by atoms with Crippen molar-refractivity contribution in [2.75, 3.05) is 25.0 Å². The van der Waals surface area contributed by atoms with Crippen molar-refractivity contribution in [2.45, 2.75) is 91.6 Å². The van der Waals surface area contributed by atoms with Crippen LogP contribution in [0.3, 0.4) is 0 Å². The van der Waals surface area contributed by atoms with E-state index in [1.165, 1.54) is 27.4 Å². The third-order valence-corrected chi connectivity index (χ3v) is 8.55. The number of thiophene rings is 1. The van der Waals surface area contributed by atoms with Gasteiger partial charge in [-0.25, -0.2) is 9.59 Å². The molecule has 3 heterocycles. The van der Waals surface area contributed by atoms with Crippen LogP contribution in [0, 0.1) is 0 Å². The Balaban J connectivity index is 1.58. The monoisotopic (exact) mass is 553 g/mol. The summed E-state index contributed by atoms with van der Waals surface area (Å²) in [5, 5.41) is 10.2. The minimum absolute atomic E-state index is 0.319. The molecule has 39 heavy (non-hydrogen) atoms. The smallest absolute Gasteiger partial charge is 0.341 e. The Morgan fingerprint density at radius 3 is 2.69 bits per heavy atom. The third kappa shape index (κ3) is 7.42. The summed E-state index contributed by atoms with van der Waals surface area (Å²) in [6.07, 6.45) is 11.6. The molecule has 2 aromatic rings. The summed E-state index contributed by atoms with van der Waals surface area (Å²) in [5.74, 6) is -0.367. The Labute approximate surface area is 236 Å². The Morgan fingerprint density at radius 2 is 1.97 bits per heavy atom. The van der Waals surface area contributed by atoms with Crippen molar-refractivity contribution in [2.24, 2.45) is 0 Å². The summed E-state index contributed by atoms with van der Waals surface area (Å²) in [7, 11) is 0. The van der Waals surface area contributed by atoms with Crippen LogP contribution in [0.5, 0.6) is 0 Å². The highest BCUT2D eigenvalue weighted by Gasteiger charge is 2.30. The average molecular weight is 554 g/mol. The number of amides is 2. The van der Waals surface area contributed by atoms with Crippen molar-refractivity contribution in [3.63, 3.8) is 0 Å². The highest BCUT2D eigenvalue weighted by atomic mass is 32.1. The number of aryl methyl sites for hydroxylation is 1. The molecule has 2 aromatic heterocycles. The second kappa shape index (κ2) is 13.0. The quantitative estimate of drug-likeness (QED) is 0.285. The summed E-state index contributed by atoms with van der Waals surface area (Å²) in [6, 6.07) is 1.65. The zero-order valence-electron chi connectivity index (χ0n) is 24.1. The van der Waals surface area contributed by atoms with E-state index in [1.807, 2.05) is 26.8 Å². The molecule has 212 valence electrons. The van der Waals surface area contributed by atoms with Crippen LogP contribution in [0.15, 0.2) is 39.7 Å². The number of anilines is 1. The maximum absolute atomic E-state index is 13.3. The predicted molar refractivity (Wildman–Crippen MR) is 158 cm³/mol. The number of fused-ring (bicyclic) bond motifs is 1. The average Bonchev–Trinajstić information content (AvgIpc) is 3.55. The number of ether oxygens (including phenoxy) is 1. The van der Waals surface area contributed by atoms with Crippen LogP contribution in [-0.2, 0) is 17.6 Å². The van der Waals surface area contributed by atoms with Gasteiger partial charge in [0.25, 0.3) is 0 Å². The zero-order chi connectivity index (χ0) is 28.0. The fraction of sp³-hybridized carbons (Fsp3) is 0.548. The van der Waals surface area contributed by atoms with E-state index in [0.717, 1.165) is 86.7 Å². The summed E-state index contributed by atoms with van der Waals surface area (Å²) in [5.41, 5.74) is 6.96. The van der Waals surface area contributed by atoms with E-state index in [2.05, 4.69) is 29.8 Å². The fourth-order valence-corrected chi connectivity index (χ4v) is 6.63. The maximum Gasteiger partial charge on any atom is 0.341 e. The van der Waals surface area contributed by atoms with E-state index in [4.69, 9.17) is 9.15 Å². The van der Waals surface area contributed by atoms with Gasteiger partial charge in [0.2, 0.25) is 0 Å². The molecular weight excluding hydrogens is 510 g/mol. The number of carbonyl (C=O) groups is 2. The molecule has 0 bridgehead atoms. The number of carbonyl (C=O) groups excluding carboxylic acids is 2. The van der Waals surface area contributed by atoms with Gasteiger partial charge >= 0.3 is 12.0 Å². The molecule has 0 aromatic carbocycles. The molecule has 0 atom stereocenters. The first-order valence-corrected chi connectivity index (χ1v) is 15.1. The van der Waals surface area contributed by atoms with Crippen molar-refractivity contribution < 1.29 is 18.7 Å². The molecule has 4 rings (SSSR count). The first-order valence-electron chi connectivity index (χ1n) is 14.2. The largest absolute Gasteiger partial charge is 0.472 e. The van der Waals surface area contributed by atoms with Gasteiger partial charge < -0.3 is 19.8 Å². The second-order valence-corrected chi connectivity index (χ2v) is 12.6. The van der Waals surface area contributed by atoms with Gasteiger partial charge in [-0.15, -0.1) is 11.3 Å². The highest BCUT2D eigenvalue weighted by Crippen LogP contribution is 2.39. The predicted octanol–water partition coefficient (Wildman–Crippen LogP) is 7.25. The maximum atomic E-state index is 13.3. The van der Waals surface area contributed by atoms with Gasteiger partial charge in [-0.3, -0.25) is 5.32 Å². The molecule has 0 fully saturated rings. The van der Waals surface area contributed by atoms with Crippen molar-refractivity contribution in [1.82, 2.24) is 10.6 Å². The van der Waals surface area contributed by atoms with Crippen molar-refractivity contribution in [3.8, 4) is 0 Å². The van der Waals surface area contributed by atoms with E-state index < -0.39 is 5.60 Å². The summed E-state index contributed by atoms with van der Waals surface area (Å²) in [6.45, 7) is 12.1. The lowest BCUT2D eigenvalue weighted by Crippen LogP contribution is -2.33. The number of hydrogen-bond donors (Lipinski definition) is 3. The topological polar surface area (TPSA) is 92.6 Å². The van der Waals surface area contributed by atoms with E-state index in [0.29, 0.717) is 17.1 Å². The molecule has 1 aliphatic heterocycles. The lowest BCUT2D eigenvalue weighted by atomic mass is 9.87. The van der Waals surface area contributed by atoms with E-state index in [1.54, 1.807) is 12.5 Å². The molecule has 3 N–H and O–H groups in total. The first kappa shape index (κ1) is 29.2. The van der Waals surface area contributed by atoms with Gasteiger partial charge in [0.1, 0.15) is 10.6 Å². The minimum atomic E-state index is -0.609. The zero-order valence-corrected chi connectivity index (χ0v) is 24.9. The van der Waals surface area contributed by atoms with E-state index >= 15 is 0 Å². The first-order chi connectivity index (χ1) is 18.7. The number of rotatable bonds is 9. The number of esters is 1. The second-order valence-electron chi connectivity index (χ2n) is 11.5. The molecule has 0 saturated carbocycles. The summed E-state index contributed by atoms with van der Waals surface area (Å²) >= 11 is 1.51. The van der Waals surface area contributed by atoms with Crippen molar-refractivity contribution in [1.29, 1.82) is 0 Å². The van der Waals surface area contributed by atoms with Crippen LogP contribution in [0.2, 0.25) is 0 Å². The van der Waals surface area contributed by atoms with Crippen LogP contribution in [-0.4, -0.2) is 37.2 Å². The number of urea groups is 1. The number of hydrogen-bond acceptors (Lipinski definition) is 6. The number of furan rings is 1. The molecule has 2 aliphatic rings. The van der Waals surface area contributed by atoms with Crippen LogP contribution in [0.4, 0.5) is 9.80 Å². The molecule has 0 radical (unpaired) electrons. The standard InChI is InChI=1S/C31H43N3O4S/c1-6-7-10-21-17-32-15-13-23(21)25(20(2)22-14-16-37-19-22)18-33-30(36)34-28-27(29(35)38-31(3,4)5)24-11-8-9-12-26(24)39-28/h14,16,19,32H,6-13,15,17-18H2,1-5H3,(H2,33,34,36)/b25-20+. The molecule has 1 aliphatic carbocycles. The van der Waals surface area contributed by atoms with E-state index in [9.17, 15) is 9.59 Å². The Hall–Kier alpha value is -2.84. The Morgan fingerprint density at radius 1 is 1.18 bits per heavy atom. The highest BCUT2D eigenvalue weighted by molar-refractivity contribution is 7.17. The van der Waals surface area contributed by atoms with Crippen LogP contribution >= 0.6 is 11.3 Å². The van der Waals surface area contributed by atoms with Crippen molar-refractivity contribution >= 4 is 33.9 Å². The van der Waals surface area contributed by atoms with Crippen LogP contribution in [0.1, 0.15) is 99.5 Å². The van der Waals surface area contributed by atoms with Crippen molar-refractivity contribution in [3.05, 3.63) is 56.9 Å². The van der Waals surface area contributed by atoms with E-state index in [-0.39, 0.29) is 12.0 Å². The SMILES string of the molecule is CCCCC1=C(/C(CNC(=O)Nc2sc3c(c2C(=O)OC(C)(C)C)CCCC3)=C(\C)c2ccoc2)CCNC1. The summed E-state index contributed by atoms with van der Waals surface area (Å²) < 4.78 is 11.1. The molecule has 0 saturated heterocycles. The van der Waals surface area contributed by atoms with Gasteiger partial charge in [-0.05, 0) is 108 Å². The van der Waals surface area contributed by atoms with Gasteiger partial charge in [-0.1, -0.05) is 18.9 Å². The molecule has 2 amide bonds. The third-order valence-electron chi connectivity index (χ3n) is 7.35. The number of unbranched alkanes of at least 4 members (excludes halogenated alkanes) is 1. The normalized spacial score (nSPS) is 16.4. The van der Waals surface area contributed by atoms with Gasteiger partial charge in [0.15, 0.2) is 0 Å². The molecular formula is C31H43N3O4S. The number of nitrogens with one attached hydrogen (secondary N) is 3. The Kier molecular flexibility index (Phi) is 9.72. The van der Waals surface area contributed by atoms with Gasteiger partial charge in [-0.2, -0.15) is 0 Å². The lowest BCUT2D eigenvalue weighted by molar-refractivity contribution is 0.00699. The fourth-order valence-electron chi connectivity index (χ4n) is 5.36. The molecule has 0 spiro atoms. The van der Waals surface area contributed by atoms with Crippen LogP contribution < -0.4 is 16.0 Å². The lowest BCUT2D eigenvalue weighted by Gasteiger charge is -2.25. The van der Waals surface area contributed by atoms with Gasteiger partial charge in [0.05, 0.1) is 18.1 Å². The Bertz CT molecular complexity index is 1230. The van der Waals surface area contributed by atoms with Crippen LogP contribution in [0.25, 0.3) is 5.57 Å². The summed E-state index contributed by atoms with van der Waals surface area (Å²) in [4.78, 5) is 27.7. The number of allylic oxidation sites excluding steroid dienone is 1.